The van der Waals surface area contributed by atoms with Crippen molar-refractivity contribution in [3.05, 3.63) is 36.0 Å². The number of para-hydroxylation sites is 1. The molecule has 0 aliphatic carbocycles. The number of thiocarbonyl (C=S) groups is 1. The van der Waals surface area contributed by atoms with Crippen molar-refractivity contribution in [1.29, 1.82) is 0 Å². The van der Waals surface area contributed by atoms with E-state index in [2.05, 4.69) is 4.98 Å². The monoisotopic (exact) mass is 319 g/mol. The van der Waals surface area contributed by atoms with Crippen LogP contribution < -0.4 is 5.73 Å². The zero-order valence-corrected chi connectivity index (χ0v) is 13.8. The molecule has 2 aromatic rings. The van der Waals surface area contributed by atoms with Crippen LogP contribution in [0.2, 0.25) is 0 Å². The van der Waals surface area contributed by atoms with Crippen LogP contribution in [-0.2, 0) is 6.42 Å². The number of nitrogens with zero attached hydrogens (tertiary/aromatic N) is 1. The molecule has 1 heterocycles. The predicted molar refractivity (Wildman–Crippen MR) is 92.2 cm³/mol. The summed E-state index contributed by atoms with van der Waals surface area (Å²) < 4.78 is 0. The molecule has 0 unspecified atom stereocenters. The molecule has 4 N–H and O–H groups in total. The highest BCUT2D eigenvalue weighted by atomic mass is 32.1. The third kappa shape index (κ3) is 3.22. The number of aromatic amines is 1. The van der Waals surface area contributed by atoms with Gasteiger partial charge in [0.1, 0.15) is 0 Å². The van der Waals surface area contributed by atoms with Gasteiger partial charge in [0.15, 0.2) is 0 Å². The first-order valence-electron chi connectivity index (χ1n) is 7.08. The Kier molecular flexibility index (Phi) is 4.42. The normalized spacial score (nSPS) is 13.0. The van der Waals surface area contributed by atoms with E-state index in [4.69, 9.17) is 18.0 Å². The molecular weight excluding hydrogens is 298 g/mol. The lowest BCUT2D eigenvalue weighted by atomic mass is 9.98. The molecule has 1 aromatic heterocycles. The second-order valence-corrected chi connectivity index (χ2v) is 6.78. The minimum absolute atomic E-state index is 0.183. The molecular formula is C16H21N3O2S. The summed E-state index contributed by atoms with van der Waals surface area (Å²) in [7, 11) is 0. The molecule has 1 atom stereocenters. The highest BCUT2D eigenvalue weighted by Gasteiger charge is 2.35. The van der Waals surface area contributed by atoms with Gasteiger partial charge >= 0.3 is 6.09 Å². The van der Waals surface area contributed by atoms with Crippen LogP contribution in [0, 0.1) is 0 Å². The SMILES string of the molecule is CC(C)(C)N(C(=O)O)[C@@H](Cc1c[nH]c2ccccc12)C(N)=S. The summed E-state index contributed by atoms with van der Waals surface area (Å²) in [6.07, 6.45) is 1.31. The highest BCUT2D eigenvalue weighted by Crippen LogP contribution is 2.24. The molecule has 0 aliphatic rings. The van der Waals surface area contributed by atoms with Crippen LogP contribution in [0.15, 0.2) is 30.5 Å². The van der Waals surface area contributed by atoms with Crippen molar-refractivity contribution in [3.63, 3.8) is 0 Å². The Bertz CT molecular complexity index is 703. The minimum atomic E-state index is -1.02. The fourth-order valence-electron chi connectivity index (χ4n) is 2.72. The van der Waals surface area contributed by atoms with Gasteiger partial charge in [0, 0.05) is 29.1 Å². The van der Waals surface area contributed by atoms with E-state index < -0.39 is 17.7 Å². The molecule has 5 nitrogen and oxygen atoms in total. The maximum atomic E-state index is 11.7. The van der Waals surface area contributed by atoms with Crippen LogP contribution in [0.4, 0.5) is 4.79 Å². The summed E-state index contributed by atoms with van der Waals surface area (Å²) in [5.41, 5.74) is 7.27. The first-order chi connectivity index (χ1) is 10.2. The van der Waals surface area contributed by atoms with Gasteiger partial charge in [-0.2, -0.15) is 0 Å². The van der Waals surface area contributed by atoms with Gasteiger partial charge in [-0.15, -0.1) is 0 Å². The Morgan fingerprint density at radius 3 is 2.59 bits per heavy atom. The van der Waals surface area contributed by atoms with Gasteiger partial charge in [-0.1, -0.05) is 30.4 Å². The van der Waals surface area contributed by atoms with E-state index in [1.807, 2.05) is 51.2 Å². The van der Waals surface area contributed by atoms with Gasteiger partial charge in [-0.05, 0) is 32.4 Å². The lowest BCUT2D eigenvalue weighted by Crippen LogP contribution is -2.56. The number of H-pyrrole nitrogens is 1. The Hall–Kier alpha value is -2.08. The minimum Gasteiger partial charge on any atom is -0.465 e. The van der Waals surface area contributed by atoms with E-state index in [-0.39, 0.29) is 4.99 Å². The number of amides is 1. The number of nitrogens with one attached hydrogen (secondary N) is 1. The van der Waals surface area contributed by atoms with Crippen LogP contribution in [0.1, 0.15) is 26.3 Å². The Morgan fingerprint density at radius 1 is 1.41 bits per heavy atom. The molecule has 0 radical (unpaired) electrons. The van der Waals surface area contributed by atoms with Gasteiger partial charge in [0.2, 0.25) is 0 Å². The largest absolute Gasteiger partial charge is 0.465 e. The van der Waals surface area contributed by atoms with Crippen molar-refractivity contribution in [1.82, 2.24) is 9.88 Å². The molecule has 1 amide bonds. The van der Waals surface area contributed by atoms with Crippen molar-refractivity contribution < 1.29 is 9.90 Å². The molecule has 2 rings (SSSR count). The summed E-state index contributed by atoms with van der Waals surface area (Å²) in [4.78, 5) is 16.4. The van der Waals surface area contributed by atoms with Crippen molar-refractivity contribution in [3.8, 4) is 0 Å². The van der Waals surface area contributed by atoms with Crippen molar-refractivity contribution in [2.75, 3.05) is 0 Å². The quantitative estimate of drug-likeness (QED) is 0.756. The fraction of sp³-hybridized carbons (Fsp3) is 0.375. The van der Waals surface area contributed by atoms with Crippen molar-refractivity contribution >= 4 is 34.2 Å². The number of hydrogen-bond donors (Lipinski definition) is 3. The number of hydrogen-bond acceptors (Lipinski definition) is 2. The maximum Gasteiger partial charge on any atom is 0.408 e. The molecule has 6 heteroatoms. The van der Waals surface area contributed by atoms with E-state index >= 15 is 0 Å². The average molecular weight is 319 g/mol. The third-order valence-electron chi connectivity index (χ3n) is 3.66. The van der Waals surface area contributed by atoms with E-state index in [9.17, 15) is 9.90 Å². The second-order valence-electron chi connectivity index (χ2n) is 6.31. The van der Waals surface area contributed by atoms with Crippen molar-refractivity contribution in [2.24, 2.45) is 5.73 Å². The summed E-state index contributed by atoms with van der Waals surface area (Å²) in [6, 6.07) is 7.33. The topological polar surface area (TPSA) is 82.4 Å². The van der Waals surface area contributed by atoms with Crippen LogP contribution in [0.3, 0.4) is 0 Å². The number of fused-ring (bicyclic) bond motifs is 1. The summed E-state index contributed by atoms with van der Waals surface area (Å²) in [5, 5.41) is 10.6. The molecule has 1 aromatic carbocycles. The molecule has 0 saturated heterocycles. The summed E-state index contributed by atoms with van der Waals surface area (Å²) in [6.45, 7) is 5.50. The standard InChI is InChI=1S/C16H21N3O2S/c1-16(2,3)19(15(20)21)13(14(17)22)8-10-9-18-12-7-5-4-6-11(10)12/h4-7,9,13,18H,8H2,1-3H3,(H2,17,22)(H,20,21)/t13-/m0/s1. The molecule has 0 saturated carbocycles. The van der Waals surface area contributed by atoms with Gasteiger partial charge in [-0.3, -0.25) is 4.90 Å². The zero-order chi connectivity index (χ0) is 16.5. The Balaban J connectivity index is 2.41. The first-order valence-corrected chi connectivity index (χ1v) is 7.49. The third-order valence-corrected chi connectivity index (χ3v) is 3.93. The van der Waals surface area contributed by atoms with E-state index in [1.165, 1.54) is 4.90 Å². The fourth-order valence-corrected chi connectivity index (χ4v) is 2.90. The van der Waals surface area contributed by atoms with Crippen molar-refractivity contribution in [2.45, 2.75) is 38.8 Å². The summed E-state index contributed by atoms with van der Waals surface area (Å²) >= 11 is 5.14. The van der Waals surface area contributed by atoms with Gasteiger partial charge in [-0.25, -0.2) is 4.79 Å². The van der Waals surface area contributed by atoms with Gasteiger partial charge in [0.05, 0.1) is 11.0 Å². The van der Waals surface area contributed by atoms with Crippen LogP contribution >= 0.6 is 12.2 Å². The molecule has 0 fully saturated rings. The molecule has 0 spiro atoms. The Labute approximate surface area is 135 Å². The maximum absolute atomic E-state index is 11.7. The highest BCUT2D eigenvalue weighted by molar-refractivity contribution is 7.80. The lowest BCUT2D eigenvalue weighted by Gasteiger charge is -2.39. The average Bonchev–Trinajstić information content (AvgIpc) is 2.79. The molecule has 118 valence electrons. The van der Waals surface area contributed by atoms with Gasteiger partial charge < -0.3 is 15.8 Å². The van der Waals surface area contributed by atoms with Crippen LogP contribution in [0.5, 0.6) is 0 Å². The van der Waals surface area contributed by atoms with E-state index in [0.717, 1.165) is 16.5 Å². The Morgan fingerprint density at radius 2 is 2.05 bits per heavy atom. The molecule has 0 bridgehead atoms. The number of carboxylic acid groups (broad SMARTS) is 1. The summed E-state index contributed by atoms with van der Waals surface area (Å²) in [5.74, 6) is 0. The molecule has 0 aliphatic heterocycles. The predicted octanol–water partition coefficient (Wildman–Crippen LogP) is 3.14. The lowest BCUT2D eigenvalue weighted by molar-refractivity contribution is 0.0882. The first kappa shape index (κ1) is 16.3. The second kappa shape index (κ2) is 5.96. The van der Waals surface area contributed by atoms with Gasteiger partial charge in [0.25, 0.3) is 0 Å². The smallest absolute Gasteiger partial charge is 0.408 e. The number of nitrogens with two attached hydrogens (primary N) is 1. The number of benzene rings is 1. The number of rotatable bonds is 4. The number of aromatic nitrogens is 1. The van der Waals surface area contributed by atoms with Crippen LogP contribution in [0.25, 0.3) is 10.9 Å². The van der Waals surface area contributed by atoms with E-state index in [0.29, 0.717) is 6.42 Å². The number of carbonyl (C=O) groups is 1. The van der Waals surface area contributed by atoms with Crippen LogP contribution in [-0.4, -0.2) is 37.7 Å². The molecule has 22 heavy (non-hydrogen) atoms. The van der Waals surface area contributed by atoms with E-state index in [1.54, 1.807) is 0 Å². The zero-order valence-electron chi connectivity index (χ0n) is 13.0.